The summed E-state index contributed by atoms with van der Waals surface area (Å²) in [6, 6.07) is 14.8. The van der Waals surface area contributed by atoms with Crippen LogP contribution in [0.2, 0.25) is 0 Å². The van der Waals surface area contributed by atoms with Gasteiger partial charge in [-0.05, 0) is 53.3 Å². The average molecular weight is 277 g/mol. The molecule has 0 aliphatic heterocycles. The number of hydrogen-bond donors (Lipinski definition) is 1. The number of nitrogen functional groups attached to an aromatic ring is 1. The minimum absolute atomic E-state index is 0.117. The lowest BCUT2D eigenvalue weighted by Crippen LogP contribution is -2.10. The van der Waals surface area contributed by atoms with Crippen molar-refractivity contribution < 1.29 is 4.79 Å². The predicted molar refractivity (Wildman–Crippen MR) is 87.2 cm³/mol. The molecular formula is C19H19NO. The number of anilines is 1. The van der Waals surface area contributed by atoms with Gasteiger partial charge in [-0.25, -0.2) is 0 Å². The Morgan fingerprint density at radius 2 is 1.52 bits per heavy atom. The molecule has 2 heteroatoms. The molecule has 0 fully saturated rings. The highest BCUT2D eigenvalue weighted by Gasteiger charge is 2.12. The normalized spacial score (nSPS) is 10.6. The Morgan fingerprint density at radius 1 is 0.952 bits per heavy atom. The van der Waals surface area contributed by atoms with Crippen LogP contribution < -0.4 is 5.73 Å². The minimum Gasteiger partial charge on any atom is -0.399 e. The van der Waals surface area contributed by atoms with E-state index < -0.39 is 0 Å². The number of benzene rings is 2. The van der Waals surface area contributed by atoms with Crippen LogP contribution in [0.15, 0.2) is 48.5 Å². The quantitative estimate of drug-likeness (QED) is 0.489. The molecule has 0 saturated carbocycles. The molecule has 0 saturated heterocycles. The molecule has 2 nitrogen and oxygen atoms in total. The van der Waals surface area contributed by atoms with Crippen LogP contribution >= 0.6 is 0 Å². The first-order chi connectivity index (χ1) is 9.86. The molecular weight excluding hydrogens is 258 g/mol. The summed E-state index contributed by atoms with van der Waals surface area (Å²) in [7, 11) is 0. The largest absolute Gasteiger partial charge is 0.399 e. The van der Waals surface area contributed by atoms with Crippen molar-refractivity contribution in [2.45, 2.75) is 26.2 Å². The molecule has 0 atom stereocenters. The van der Waals surface area contributed by atoms with Gasteiger partial charge in [0.15, 0.2) is 0 Å². The summed E-state index contributed by atoms with van der Waals surface area (Å²) < 4.78 is 0. The number of nitrogens with two attached hydrogens (primary N) is 1. The monoisotopic (exact) mass is 277 g/mol. The van der Waals surface area contributed by atoms with E-state index in [1.165, 1.54) is 5.56 Å². The Labute approximate surface area is 126 Å². The summed E-state index contributed by atoms with van der Waals surface area (Å²) in [6.45, 7) is 6.49. The summed E-state index contributed by atoms with van der Waals surface area (Å²) in [4.78, 5) is 11.9. The molecule has 2 rings (SSSR count). The molecule has 0 heterocycles. The van der Waals surface area contributed by atoms with Crippen molar-refractivity contribution in [3.63, 3.8) is 0 Å². The van der Waals surface area contributed by atoms with E-state index >= 15 is 0 Å². The Morgan fingerprint density at radius 3 is 2.05 bits per heavy atom. The number of Topliss-reactive ketones (excluding diaryl/α,β-unsaturated/α-hetero) is 1. The summed E-state index contributed by atoms with van der Waals surface area (Å²) in [6.07, 6.45) is 0. The average Bonchev–Trinajstić information content (AvgIpc) is 2.45. The van der Waals surface area contributed by atoms with Gasteiger partial charge in [0.1, 0.15) is 0 Å². The number of ketones is 1. The van der Waals surface area contributed by atoms with E-state index in [0.717, 1.165) is 5.56 Å². The zero-order valence-corrected chi connectivity index (χ0v) is 12.6. The van der Waals surface area contributed by atoms with Crippen molar-refractivity contribution in [2.75, 3.05) is 5.73 Å². The van der Waals surface area contributed by atoms with Crippen LogP contribution in [0.4, 0.5) is 5.69 Å². The second kappa shape index (κ2) is 5.85. The van der Waals surface area contributed by atoms with Crippen molar-refractivity contribution >= 4 is 11.5 Å². The maximum absolute atomic E-state index is 11.9. The van der Waals surface area contributed by atoms with Gasteiger partial charge in [-0.2, -0.15) is 0 Å². The maximum Gasteiger partial charge on any atom is 0.236 e. The highest BCUT2D eigenvalue weighted by molar-refractivity contribution is 6.09. The second-order valence-electron chi connectivity index (χ2n) is 6.03. The first kappa shape index (κ1) is 14.9. The van der Waals surface area contributed by atoms with Gasteiger partial charge < -0.3 is 5.73 Å². The van der Waals surface area contributed by atoms with Gasteiger partial charge in [0.05, 0.1) is 0 Å². The molecule has 0 aromatic heterocycles. The van der Waals surface area contributed by atoms with Crippen LogP contribution in [0, 0.1) is 11.8 Å². The van der Waals surface area contributed by atoms with Gasteiger partial charge in [-0.15, -0.1) is 0 Å². The molecule has 2 aromatic carbocycles. The third-order valence-corrected chi connectivity index (χ3v) is 3.24. The number of hydrogen-bond acceptors (Lipinski definition) is 2. The highest BCUT2D eigenvalue weighted by Crippen LogP contribution is 2.21. The lowest BCUT2D eigenvalue weighted by atomic mass is 9.87. The van der Waals surface area contributed by atoms with Crippen molar-refractivity contribution in [2.24, 2.45) is 0 Å². The fraction of sp³-hybridized carbons (Fsp3) is 0.211. The standard InChI is InChI=1S/C19H19NO/c1-19(2,3)16-9-4-14(5-10-16)6-13-18(21)15-7-11-17(20)12-8-15/h4-5,7-12H,20H2,1-3H3. The van der Waals surface area contributed by atoms with E-state index in [1.54, 1.807) is 24.3 Å². The number of carbonyl (C=O) groups excluding carboxylic acids is 1. The van der Waals surface area contributed by atoms with E-state index in [-0.39, 0.29) is 11.2 Å². The van der Waals surface area contributed by atoms with Crippen molar-refractivity contribution in [1.29, 1.82) is 0 Å². The van der Waals surface area contributed by atoms with E-state index in [0.29, 0.717) is 11.3 Å². The van der Waals surface area contributed by atoms with Crippen molar-refractivity contribution in [3.05, 3.63) is 65.2 Å². The molecule has 106 valence electrons. The van der Waals surface area contributed by atoms with E-state index in [4.69, 9.17) is 5.73 Å². The fourth-order valence-corrected chi connectivity index (χ4v) is 1.89. The highest BCUT2D eigenvalue weighted by atomic mass is 16.1. The molecule has 0 spiro atoms. The molecule has 0 amide bonds. The van der Waals surface area contributed by atoms with Crippen molar-refractivity contribution in [1.82, 2.24) is 0 Å². The van der Waals surface area contributed by atoms with Crippen LogP contribution in [0.25, 0.3) is 0 Å². The van der Waals surface area contributed by atoms with Crippen molar-refractivity contribution in [3.8, 4) is 11.8 Å². The zero-order valence-electron chi connectivity index (χ0n) is 12.6. The van der Waals surface area contributed by atoms with Gasteiger partial charge in [0.2, 0.25) is 5.78 Å². The van der Waals surface area contributed by atoms with Crippen LogP contribution in [-0.4, -0.2) is 5.78 Å². The van der Waals surface area contributed by atoms with Gasteiger partial charge in [0.25, 0.3) is 0 Å². The molecule has 0 unspecified atom stereocenters. The fourth-order valence-electron chi connectivity index (χ4n) is 1.89. The Kier molecular flexibility index (Phi) is 4.14. The summed E-state index contributed by atoms with van der Waals surface area (Å²) in [5.74, 6) is 5.37. The predicted octanol–water partition coefficient (Wildman–Crippen LogP) is 3.80. The lowest BCUT2D eigenvalue weighted by molar-refractivity contribution is 0.105. The zero-order chi connectivity index (χ0) is 15.5. The van der Waals surface area contributed by atoms with Gasteiger partial charge in [0, 0.05) is 16.8 Å². The minimum atomic E-state index is -0.199. The van der Waals surface area contributed by atoms with Crippen LogP contribution in [0.1, 0.15) is 42.3 Å². The van der Waals surface area contributed by atoms with Gasteiger partial charge in [-0.1, -0.05) is 38.8 Å². The molecule has 0 aliphatic carbocycles. The summed E-state index contributed by atoms with van der Waals surface area (Å²) in [5, 5.41) is 0. The van der Waals surface area contributed by atoms with E-state index in [1.807, 2.05) is 12.1 Å². The Hall–Kier alpha value is -2.53. The summed E-state index contributed by atoms with van der Waals surface area (Å²) >= 11 is 0. The molecule has 21 heavy (non-hydrogen) atoms. The lowest BCUT2D eigenvalue weighted by Gasteiger charge is -2.18. The molecule has 0 aliphatic rings. The summed E-state index contributed by atoms with van der Waals surface area (Å²) in [5.41, 5.74) is 8.99. The van der Waals surface area contributed by atoms with Gasteiger partial charge in [-0.3, -0.25) is 4.79 Å². The van der Waals surface area contributed by atoms with E-state index in [9.17, 15) is 4.79 Å². The van der Waals surface area contributed by atoms with Crippen LogP contribution in [-0.2, 0) is 5.41 Å². The smallest absolute Gasteiger partial charge is 0.236 e. The topological polar surface area (TPSA) is 43.1 Å². The third kappa shape index (κ3) is 3.97. The Bertz CT molecular complexity index is 692. The van der Waals surface area contributed by atoms with Crippen LogP contribution in [0.3, 0.4) is 0 Å². The Balaban J connectivity index is 2.15. The first-order valence-electron chi connectivity index (χ1n) is 6.89. The van der Waals surface area contributed by atoms with Crippen LogP contribution in [0.5, 0.6) is 0 Å². The number of carbonyl (C=O) groups is 1. The van der Waals surface area contributed by atoms with Gasteiger partial charge >= 0.3 is 0 Å². The SMILES string of the molecule is CC(C)(C)c1ccc(C#CC(=O)c2ccc(N)cc2)cc1. The maximum atomic E-state index is 11.9. The number of rotatable bonds is 1. The third-order valence-electron chi connectivity index (χ3n) is 3.24. The second-order valence-corrected chi connectivity index (χ2v) is 6.03. The molecule has 2 aromatic rings. The molecule has 0 radical (unpaired) electrons. The molecule has 2 N–H and O–H groups in total. The molecule has 0 bridgehead atoms. The first-order valence-corrected chi connectivity index (χ1v) is 6.89. The van der Waals surface area contributed by atoms with E-state index in [2.05, 4.69) is 44.7 Å².